The predicted molar refractivity (Wildman–Crippen MR) is 44.5 cm³/mol. The van der Waals surface area contributed by atoms with Gasteiger partial charge in [-0.1, -0.05) is 0 Å². The molecule has 0 radical (unpaired) electrons. The third-order valence-electron chi connectivity index (χ3n) is 2.25. The fraction of sp³-hybridized carbons (Fsp3) is 0.750. The van der Waals surface area contributed by atoms with Crippen molar-refractivity contribution in [1.29, 1.82) is 0 Å². The van der Waals surface area contributed by atoms with Crippen LogP contribution in [0.15, 0.2) is 0 Å². The molecule has 5 nitrogen and oxygen atoms in total. The van der Waals surface area contributed by atoms with Gasteiger partial charge in [0.05, 0.1) is 12.0 Å². The number of aliphatic carboxylic acids is 1. The predicted octanol–water partition coefficient (Wildman–Crippen LogP) is 0.155. The molecule has 0 aromatic heterocycles. The van der Waals surface area contributed by atoms with Gasteiger partial charge in [0.2, 0.25) is 0 Å². The van der Waals surface area contributed by atoms with E-state index < -0.39 is 36.6 Å². The van der Waals surface area contributed by atoms with Crippen molar-refractivity contribution in [2.24, 2.45) is 5.92 Å². The first kappa shape index (κ1) is 12.8. The Labute approximate surface area is 88.6 Å². The summed E-state index contributed by atoms with van der Waals surface area (Å²) in [6.07, 6.45) is -5.62. The molecular weight excluding hydrogens is 231 g/mol. The van der Waals surface area contributed by atoms with Crippen LogP contribution in [-0.2, 0) is 14.3 Å². The van der Waals surface area contributed by atoms with Crippen molar-refractivity contribution in [2.45, 2.75) is 18.7 Å². The van der Waals surface area contributed by atoms with Gasteiger partial charge in [0.1, 0.15) is 0 Å². The Bertz CT molecular complexity index is 291. The molecule has 0 unspecified atom stereocenters. The smallest absolute Gasteiger partial charge is 0.471 e. The molecule has 1 aliphatic rings. The standard InChI is InChI=1S/C8H10F3NO4/c9-8(10,11)7(15)12-3-5-4(6(13)14)1-2-16-5/h4-5H,1-3H2,(H,12,15)(H,13,14)/t4-,5-/m0/s1. The van der Waals surface area contributed by atoms with E-state index in [-0.39, 0.29) is 13.0 Å². The van der Waals surface area contributed by atoms with Crippen molar-refractivity contribution < 1.29 is 32.6 Å². The van der Waals surface area contributed by atoms with Gasteiger partial charge in [-0.25, -0.2) is 0 Å². The topological polar surface area (TPSA) is 75.6 Å². The van der Waals surface area contributed by atoms with E-state index in [9.17, 15) is 22.8 Å². The number of carbonyl (C=O) groups is 2. The molecule has 2 atom stereocenters. The molecule has 0 aromatic rings. The molecule has 1 aliphatic heterocycles. The summed E-state index contributed by atoms with van der Waals surface area (Å²) in [4.78, 5) is 21.1. The summed E-state index contributed by atoms with van der Waals surface area (Å²) >= 11 is 0. The van der Waals surface area contributed by atoms with Crippen molar-refractivity contribution in [3.05, 3.63) is 0 Å². The Morgan fingerprint density at radius 3 is 2.56 bits per heavy atom. The number of rotatable bonds is 3. The minimum absolute atomic E-state index is 0.170. The molecule has 92 valence electrons. The minimum atomic E-state index is -4.96. The molecule has 8 heteroatoms. The lowest BCUT2D eigenvalue weighted by Crippen LogP contribution is -2.43. The van der Waals surface area contributed by atoms with E-state index in [2.05, 4.69) is 0 Å². The number of hydrogen-bond acceptors (Lipinski definition) is 3. The molecular formula is C8H10F3NO4. The number of hydrogen-bond donors (Lipinski definition) is 2. The molecule has 0 saturated carbocycles. The van der Waals surface area contributed by atoms with Gasteiger partial charge >= 0.3 is 18.1 Å². The Balaban J connectivity index is 2.43. The third-order valence-corrected chi connectivity index (χ3v) is 2.25. The Morgan fingerprint density at radius 2 is 2.06 bits per heavy atom. The molecule has 1 amide bonds. The third kappa shape index (κ3) is 3.09. The zero-order chi connectivity index (χ0) is 12.3. The van der Waals surface area contributed by atoms with Crippen LogP contribution in [0.1, 0.15) is 6.42 Å². The van der Waals surface area contributed by atoms with Crippen LogP contribution < -0.4 is 5.32 Å². The zero-order valence-corrected chi connectivity index (χ0v) is 8.08. The normalized spacial score (nSPS) is 25.4. The lowest BCUT2D eigenvalue weighted by Gasteiger charge is -2.16. The summed E-state index contributed by atoms with van der Waals surface area (Å²) in [7, 11) is 0. The minimum Gasteiger partial charge on any atom is -0.481 e. The second kappa shape index (κ2) is 4.69. The molecule has 16 heavy (non-hydrogen) atoms. The number of carboxylic acids is 1. The Hall–Kier alpha value is -1.31. The van der Waals surface area contributed by atoms with Gasteiger partial charge in [-0.15, -0.1) is 0 Å². The van der Waals surface area contributed by atoms with Crippen LogP contribution in [0.5, 0.6) is 0 Å². The van der Waals surface area contributed by atoms with Gasteiger partial charge in [0.25, 0.3) is 0 Å². The van der Waals surface area contributed by atoms with Gasteiger partial charge in [-0.05, 0) is 6.42 Å². The summed E-state index contributed by atoms with van der Waals surface area (Å²) < 4.78 is 40.4. The first-order chi connectivity index (χ1) is 7.32. The number of alkyl halides is 3. The maximum atomic E-state index is 11.8. The van der Waals surface area contributed by atoms with Crippen LogP contribution in [0.4, 0.5) is 13.2 Å². The maximum absolute atomic E-state index is 11.8. The van der Waals surface area contributed by atoms with Crippen molar-refractivity contribution in [3.63, 3.8) is 0 Å². The highest BCUT2D eigenvalue weighted by molar-refractivity contribution is 5.81. The number of halogens is 3. The molecule has 1 heterocycles. The summed E-state index contributed by atoms with van der Waals surface area (Å²) in [6.45, 7) is -0.279. The number of ether oxygens (including phenoxy) is 1. The quantitative estimate of drug-likeness (QED) is 0.737. The van der Waals surface area contributed by atoms with Gasteiger partial charge in [-0.3, -0.25) is 9.59 Å². The Morgan fingerprint density at radius 1 is 1.44 bits per heavy atom. The molecule has 0 aromatic carbocycles. The highest BCUT2D eigenvalue weighted by atomic mass is 19.4. The maximum Gasteiger partial charge on any atom is 0.471 e. The van der Waals surface area contributed by atoms with Crippen molar-refractivity contribution >= 4 is 11.9 Å². The molecule has 0 bridgehead atoms. The lowest BCUT2D eigenvalue weighted by atomic mass is 10.0. The van der Waals surface area contributed by atoms with Crippen LogP contribution in [-0.4, -0.2) is 42.4 Å². The molecule has 0 spiro atoms. The van der Waals surface area contributed by atoms with Crippen LogP contribution in [0.25, 0.3) is 0 Å². The number of nitrogens with one attached hydrogen (secondary N) is 1. The van der Waals surface area contributed by atoms with E-state index >= 15 is 0 Å². The van der Waals surface area contributed by atoms with Gasteiger partial charge < -0.3 is 15.2 Å². The van der Waals surface area contributed by atoms with E-state index in [1.54, 1.807) is 5.32 Å². The van der Waals surface area contributed by atoms with Crippen LogP contribution in [0.2, 0.25) is 0 Å². The fourth-order valence-electron chi connectivity index (χ4n) is 1.43. The SMILES string of the molecule is O=C(O)[C@H]1CCO[C@H]1CNC(=O)C(F)(F)F. The summed E-state index contributed by atoms with van der Waals surface area (Å²) in [5.41, 5.74) is 0. The van der Waals surface area contributed by atoms with Crippen LogP contribution >= 0.6 is 0 Å². The number of carbonyl (C=O) groups excluding carboxylic acids is 1. The summed E-state index contributed by atoms with van der Waals surface area (Å²) in [5, 5.41) is 10.3. The van der Waals surface area contributed by atoms with Crippen molar-refractivity contribution in [3.8, 4) is 0 Å². The summed E-state index contributed by atoms with van der Waals surface area (Å²) in [6, 6.07) is 0. The molecule has 0 aliphatic carbocycles. The lowest BCUT2D eigenvalue weighted by molar-refractivity contribution is -0.174. The molecule has 2 N–H and O–H groups in total. The molecule has 1 rings (SSSR count). The van der Waals surface area contributed by atoms with Crippen molar-refractivity contribution in [1.82, 2.24) is 5.32 Å². The first-order valence-corrected chi connectivity index (χ1v) is 4.52. The van der Waals surface area contributed by atoms with E-state index in [0.717, 1.165) is 0 Å². The van der Waals surface area contributed by atoms with Gasteiger partial charge in [0, 0.05) is 13.2 Å². The average molecular weight is 241 g/mol. The second-order valence-corrected chi connectivity index (χ2v) is 3.35. The monoisotopic (exact) mass is 241 g/mol. The van der Waals surface area contributed by atoms with E-state index in [0.29, 0.717) is 0 Å². The number of amides is 1. The Kier molecular flexibility index (Phi) is 3.74. The molecule has 1 saturated heterocycles. The largest absolute Gasteiger partial charge is 0.481 e. The van der Waals surface area contributed by atoms with E-state index in [4.69, 9.17) is 9.84 Å². The average Bonchev–Trinajstić information content (AvgIpc) is 2.60. The van der Waals surface area contributed by atoms with E-state index in [1.165, 1.54) is 0 Å². The van der Waals surface area contributed by atoms with Gasteiger partial charge in [-0.2, -0.15) is 13.2 Å². The van der Waals surface area contributed by atoms with Crippen LogP contribution in [0.3, 0.4) is 0 Å². The highest BCUT2D eigenvalue weighted by Gasteiger charge is 2.40. The fourth-order valence-corrected chi connectivity index (χ4v) is 1.43. The zero-order valence-electron chi connectivity index (χ0n) is 8.08. The highest BCUT2D eigenvalue weighted by Crippen LogP contribution is 2.21. The van der Waals surface area contributed by atoms with Crippen LogP contribution in [0, 0.1) is 5.92 Å². The second-order valence-electron chi connectivity index (χ2n) is 3.35. The number of carboxylic acid groups (broad SMARTS) is 1. The molecule has 1 fully saturated rings. The van der Waals surface area contributed by atoms with Gasteiger partial charge in [0.15, 0.2) is 0 Å². The van der Waals surface area contributed by atoms with E-state index in [1.807, 2.05) is 0 Å². The van der Waals surface area contributed by atoms with Crippen molar-refractivity contribution in [2.75, 3.05) is 13.2 Å². The first-order valence-electron chi connectivity index (χ1n) is 4.52. The summed E-state index contributed by atoms with van der Waals surface area (Å²) in [5.74, 6) is -4.09.